The van der Waals surface area contributed by atoms with Gasteiger partial charge in [0.1, 0.15) is 18.1 Å². The lowest BCUT2D eigenvalue weighted by Crippen LogP contribution is -2.34. The summed E-state index contributed by atoms with van der Waals surface area (Å²) in [6.45, 7) is 6.11. The molecule has 0 saturated carbocycles. The number of ether oxygens (including phenoxy) is 2. The second-order valence-electron chi connectivity index (χ2n) is 5.50. The van der Waals surface area contributed by atoms with E-state index in [-0.39, 0.29) is 11.0 Å². The van der Waals surface area contributed by atoms with Gasteiger partial charge in [0, 0.05) is 5.56 Å². The second-order valence-corrected chi connectivity index (χ2v) is 7.07. The Labute approximate surface area is 171 Å². The van der Waals surface area contributed by atoms with Crippen molar-refractivity contribution in [2.24, 2.45) is 0 Å². The molecule has 0 aliphatic rings. The van der Waals surface area contributed by atoms with Gasteiger partial charge in [-0.25, -0.2) is 0 Å². The maximum absolute atomic E-state index is 12.4. The first-order valence-electron chi connectivity index (χ1n) is 7.72. The minimum Gasteiger partial charge on any atom is -0.496 e. The Kier molecular flexibility index (Phi) is 7.40. The van der Waals surface area contributed by atoms with Crippen LogP contribution in [0.3, 0.4) is 0 Å². The predicted molar refractivity (Wildman–Crippen MR) is 116 cm³/mol. The van der Waals surface area contributed by atoms with Gasteiger partial charge in [0.2, 0.25) is 0 Å². The molecule has 26 heavy (non-hydrogen) atoms. The summed E-state index contributed by atoms with van der Waals surface area (Å²) in [7, 11) is 1.59. The molecule has 0 radical (unpaired) electrons. The van der Waals surface area contributed by atoms with Gasteiger partial charge in [-0.05, 0) is 77.6 Å². The number of thiocarbonyl (C=S) groups is 1. The number of para-hydroxylation sites is 2. The van der Waals surface area contributed by atoms with E-state index in [2.05, 4.69) is 39.8 Å². The molecule has 0 spiro atoms. The SMILES string of the molecule is C=C(C)COc1ccccc1NC(=S)NC(=O)c1ccc(OC)c(I)c1. The topological polar surface area (TPSA) is 59.6 Å². The van der Waals surface area contributed by atoms with E-state index in [0.29, 0.717) is 29.4 Å². The minimum absolute atomic E-state index is 0.187. The first-order valence-corrected chi connectivity index (χ1v) is 9.21. The summed E-state index contributed by atoms with van der Waals surface area (Å²) < 4.78 is 11.7. The fraction of sp³-hybridized carbons (Fsp3) is 0.158. The summed E-state index contributed by atoms with van der Waals surface area (Å²) in [5, 5.41) is 5.84. The molecule has 0 aliphatic heterocycles. The van der Waals surface area contributed by atoms with Gasteiger partial charge in [0.05, 0.1) is 16.4 Å². The minimum atomic E-state index is -0.302. The molecule has 0 fully saturated rings. The highest BCUT2D eigenvalue weighted by molar-refractivity contribution is 14.1. The van der Waals surface area contributed by atoms with Crippen LogP contribution in [0.2, 0.25) is 0 Å². The van der Waals surface area contributed by atoms with Gasteiger partial charge in [-0.15, -0.1) is 0 Å². The molecule has 1 amide bonds. The summed E-state index contributed by atoms with van der Waals surface area (Å²) in [6, 6.07) is 12.5. The molecule has 0 heterocycles. The van der Waals surface area contributed by atoms with Crippen LogP contribution < -0.4 is 20.1 Å². The molecule has 5 nitrogen and oxygen atoms in total. The van der Waals surface area contributed by atoms with Gasteiger partial charge in [-0.2, -0.15) is 0 Å². The van der Waals surface area contributed by atoms with E-state index >= 15 is 0 Å². The van der Waals surface area contributed by atoms with Crippen LogP contribution in [0.15, 0.2) is 54.6 Å². The Morgan fingerprint density at radius 1 is 1.23 bits per heavy atom. The van der Waals surface area contributed by atoms with Gasteiger partial charge >= 0.3 is 0 Å². The van der Waals surface area contributed by atoms with Crippen molar-refractivity contribution in [1.29, 1.82) is 0 Å². The van der Waals surface area contributed by atoms with Crippen LogP contribution in [0.25, 0.3) is 0 Å². The van der Waals surface area contributed by atoms with E-state index in [1.54, 1.807) is 25.3 Å². The standard InChI is InChI=1S/C19H19IN2O3S/c1-12(2)11-25-17-7-5-4-6-15(17)21-19(26)22-18(23)13-8-9-16(24-3)14(20)10-13/h4-10H,1,11H2,2-3H3,(H2,21,22,23,26). The Bertz CT molecular complexity index is 839. The van der Waals surface area contributed by atoms with Crippen LogP contribution in [0, 0.1) is 3.57 Å². The van der Waals surface area contributed by atoms with Gasteiger partial charge < -0.3 is 14.8 Å². The molecule has 0 saturated heterocycles. The normalized spacial score (nSPS) is 9.96. The fourth-order valence-electron chi connectivity index (χ4n) is 2.03. The molecular formula is C19H19IN2O3S. The lowest BCUT2D eigenvalue weighted by Gasteiger charge is -2.14. The second kappa shape index (κ2) is 9.54. The van der Waals surface area contributed by atoms with Crippen LogP contribution in [-0.2, 0) is 0 Å². The van der Waals surface area contributed by atoms with E-state index in [1.165, 1.54) is 0 Å². The highest BCUT2D eigenvalue weighted by atomic mass is 127. The number of carbonyl (C=O) groups excluding carboxylic acids is 1. The Hall–Kier alpha value is -2.13. The average Bonchev–Trinajstić information content (AvgIpc) is 2.60. The van der Waals surface area contributed by atoms with Crippen molar-refractivity contribution in [3.05, 3.63) is 63.8 Å². The number of hydrogen-bond acceptors (Lipinski definition) is 4. The van der Waals surface area contributed by atoms with E-state index in [9.17, 15) is 4.79 Å². The number of amides is 1. The van der Waals surface area contributed by atoms with Gasteiger partial charge in [0.25, 0.3) is 5.91 Å². The molecule has 7 heteroatoms. The summed E-state index contributed by atoms with van der Waals surface area (Å²) in [5.74, 6) is 1.04. The Morgan fingerprint density at radius 2 is 1.96 bits per heavy atom. The van der Waals surface area contributed by atoms with Crippen LogP contribution in [0.5, 0.6) is 11.5 Å². The van der Waals surface area contributed by atoms with Crippen LogP contribution in [-0.4, -0.2) is 24.7 Å². The number of rotatable bonds is 6. The third-order valence-electron chi connectivity index (χ3n) is 3.25. The van der Waals surface area contributed by atoms with E-state index in [4.69, 9.17) is 21.7 Å². The maximum atomic E-state index is 12.4. The lowest BCUT2D eigenvalue weighted by atomic mass is 10.2. The zero-order valence-electron chi connectivity index (χ0n) is 14.5. The third kappa shape index (κ3) is 5.70. The monoisotopic (exact) mass is 482 g/mol. The number of methoxy groups -OCH3 is 1. The maximum Gasteiger partial charge on any atom is 0.257 e. The number of hydrogen-bond donors (Lipinski definition) is 2. The molecule has 2 N–H and O–H groups in total. The molecule has 0 bridgehead atoms. The first-order chi connectivity index (χ1) is 12.4. The quantitative estimate of drug-likeness (QED) is 0.364. The molecule has 0 aliphatic carbocycles. The van der Waals surface area contributed by atoms with Crippen molar-refractivity contribution >= 4 is 51.5 Å². The van der Waals surface area contributed by atoms with Crippen molar-refractivity contribution in [2.75, 3.05) is 19.0 Å². The van der Waals surface area contributed by atoms with Crippen molar-refractivity contribution in [3.8, 4) is 11.5 Å². The summed E-state index contributed by atoms with van der Waals surface area (Å²) in [4.78, 5) is 12.4. The number of anilines is 1. The summed E-state index contributed by atoms with van der Waals surface area (Å²) in [5.41, 5.74) is 2.07. The largest absolute Gasteiger partial charge is 0.496 e. The van der Waals surface area contributed by atoms with E-state index < -0.39 is 0 Å². The van der Waals surface area contributed by atoms with Crippen LogP contribution in [0.1, 0.15) is 17.3 Å². The number of carbonyl (C=O) groups is 1. The zero-order chi connectivity index (χ0) is 19.1. The molecule has 0 unspecified atom stereocenters. The molecule has 2 aromatic carbocycles. The molecular weight excluding hydrogens is 463 g/mol. The smallest absolute Gasteiger partial charge is 0.257 e. The van der Waals surface area contributed by atoms with Crippen LogP contribution in [0.4, 0.5) is 5.69 Å². The van der Waals surface area contributed by atoms with Crippen molar-refractivity contribution in [2.45, 2.75) is 6.92 Å². The molecule has 136 valence electrons. The van der Waals surface area contributed by atoms with Gasteiger partial charge in [-0.3, -0.25) is 10.1 Å². The first kappa shape index (κ1) is 20.2. The highest BCUT2D eigenvalue weighted by Gasteiger charge is 2.12. The zero-order valence-corrected chi connectivity index (χ0v) is 17.4. The molecule has 2 rings (SSSR count). The fourth-order valence-corrected chi connectivity index (χ4v) is 2.97. The number of nitrogens with one attached hydrogen (secondary N) is 2. The van der Waals surface area contributed by atoms with Crippen molar-refractivity contribution in [3.63, 3.8) is 0 Å². The Balaban J connectivity index is 2.03. The number of halogens is 1. The third-order valence-corrected chi connectivity index (χ3v) is 4.30. The summed E-state index contributed by atoms with van der Waals surface area (Å²) in [6.07, 6.45) is 0. The molecule has 0 aromatic heterocycles. The predicted octanol–water partition coefficient (Wildman–Crippen LogP) is 4.38. The average molecular weight is 482 g/mol. The van der Waals surface area contributed by atoms with E-state index in [1.807, 2.05) is 31.2 Å². The van der Waals surface area contributed by atoms with Gasteiger partial charge in [0.15, 0.2) is 5.11 Å². The van der Waals surface area contributed by atoms with Crippen molar-refractivity contribution < 1.29 is 14.3 Å². The molecule has 0 atom stereocenters. The molecule has 2 aromatic rings. The van der Waals surface area contributed by atoms with Crippen LogP contribution >= 0.6 is 34.8 Å². The van der Waals surface area contributed by atoms with E-state index in [0.717, 1.165) is 9.14 Å². The number of benzene rings is 2. The summed E-state index contributed by atoms with van der Waals surface area (Å²) >= 11 is 7.36. The highest BCUT2D eigenvalue weighted by Crippen LogP contribution is 2.24. The Morgan fingerprint density at radius 3 is 2.62 bits per heavy atom. The lowest BCUT2D eigenvalue weighted by molar-refractivity contribution is 0.0977. The van der Waals surface area contributed by atoms with Gasteiger partial charge in [-0.1, -0.05) is 18.7 Å². The van der Waals surface area contributed by atoms with Crippen molar-refractivity contribution in [1.82, 2.24) is 5.32 Å².